The van der Waals surface area contributed by atoms with Gasteiger partial charge in [0.15, 0.2) is 0 Å². The molecule has 0 aliphatic rings. The van der Waals surface area contributed by atoms with Crippen molar-refractivity contribution in [2.45, 2.75) is 109 Å². The Balaban J connectivity index is 0.00000784. The standard InChI is InChI=1S/C27H48N.ClH/c1-5-7-8-9-10-11-12-13-14-15-16-17-21-24-27(6-2)28(3,4)25-26-22-19-18-20-23-26;/h6,18-20,22-23,27H,2,5,7-17,21,24-25H2,1,3-4H3;1H/q+1;/p-1. The normalized spacial score (nSPS) is 12.4. The first-order chi connectivity index (χ1) is 13.6. The maximum Gasteiger partial charge on any atom is 0.107 e. The van der Waals surface area contributed by atoms with Crippen LogP contribution in [0.5, 0.6) is 0 Å². The molecule has 1 atom stereocenters. The number of hydrogen-bond donors (Lipinski definition) is 0. The number of nitrogens with zero attached hydrogens (tertiary/aromatic N) is 1. The Morgan fingerprint density at radius 1 is 0.759 bits per heavy atom. The lowest BCUT2D eigenvalue weighted by Gasteiger charge is -2.37. The molecule has 1 nitrogen and oxygen atoms in total. The Labute approximate surface area is 189 Å². The molecule has 0 radical (unpaired) electrons. The molecule has 0 heterocycles. The Hall–Kier alpha value is -0.790. The zero-order valence-electron chi connectivity index (χ0n) is 19.7. The second kappa shape index (κ2) is 18.0. The van der Waals surface area contributed by atoms with Crippen molar-refractivity contribution in [1.82, 2.24) is 0 Å². The summed E-state index contributed by atoms with van der Waals surface area (Å²) in [6.07, 6.45) is 22.0. The Kier molecular flexibility index (Phi) is 17.5. The van der Waals surface area contributed by atoms with E-state index in [-0.39, 0.29) is 12.4 Å². The largest absolute Gasteiger partial charge is 1.00 e. The van der Waals surface area contributed by atoms with Crippen LogP contribution in [0, 0.1) is 0 Å². The molecule has 0 aliphatic carbocycles. The van der Waals surface area contributed by atoms with E-state index in [0.717, 1.165) is 11.0 Å². The highest BCUT2D eigenvalue weighted by atomic mass is 35.5. The van der Waals surface area contributed by atoms with Gasteiger partial charge in [0.25, 0.3) is 0 Å². The minimum atomic E-state index is 0. The zero-order chi connectivity index (χ0) is 20.5. The van der Waals surface area contributed by atoms with E-state index in [4.69, 9.17) is 0 Å². The van der Waals surface area contributed by atoms with Crippen LogP contribution >= 0.6 is 0 Å². The summed E-state index contributed by atoms with van der Waals surface area (Å²) in [5, 5.41) is 0. The molecule has 0 spiro atoms. The molecule has 0 aromatic heterocycles. The van der Waals surface area contributed by atoms with Gasteiger partial charge in [-0.1, -0.05) is 121 Å². The van der Waals surface area contributed by atoms with Gasteiger partial charge in [-0.3, -0.25) is 0 Å². The Morgan fingerprint density at radius 2 is 1.21 bits per heavy atom. The molecule has 1 unspecified atom stereocenters. The van der Waals surface area contributed by atoms with Crippen LogP contribution in [0.2, 0.25) is 0 Å². The maximum absolute atomic E-state index is 4.13. The topological polar surface area (TPSA) is 0 Å². The first kappa shape index (κ1) is 28.2. The lowest BCUT2D eigenvalue weighted by Crippen LogP contribution is -3.00. The van der Waals surface area contributed by atoms with E-state index in [0.29, 0.717) is 6.04 Å². The highest BCUT2D eigenvalue weighted by Crippen LogP contribution is 2.20. The van der Waals surface area contributed by atoms with Gasteiger partial charge in [0.2, 0.25) is 0 Å². The van der Waals surface area contributed by atoms with Crippen LogP contribution in [0.3, 0.4) is 0 Å². The van der Waals surface area contributed by atoms with Gasteiger partial charge in [-0.25, -0.2) is 0 Å². The third-order valence-corrected chi connectivity index (χ3v) is 6.21. The van der Waals surface area contributed by atoms with Gasteiger partial charge < -0.3 is 16.9 Å². The van der Waals surface area contributed by atoms with Crippen LogP contribution in [0.1, 0.15) is 102 Å². The minimum absolute atomic E-state index is 0. The second-order valence-electron chi connectivity index (χ2n) is 9.26. The van der Waals surface area contributed by atoms with E-state index in [2.05, 4.69) is 64.0 Å². The molecular weight excluding hydrogens is 374 g/mol. The molecule has 1 aromatic carbocycles. The summed E-state index contributed by atoms with van der Waals surface area (Å²) in [5.74, 6) is 0. The summed E-state index contributed by atoms with van der Waals surface area (Å²) in [6.45, 7) is 7.51. The Bertz CT molecular complexity index is 483. The molecule has 168 valence electrons. The van der Waals surface area contributed by atoms with E-state index < -0.39 is 0 Å². The minimum Gasteiger partial charge on any atom is -1.00 e. The molecule has 1 rings (SSSR count). The van der Waals surface area contributed by atoms with Crippen molar-refractivity contribution in [3.8, 4) is 0 Å². The monoisotopic (exact) mass is 421 g/mol. The molecule has 0 amide bonds. The molecule has 0 aliphatic heterocycles. The number of benzene rings is 1. The quantitative estimate of drug-likeness (QED) is 0.171. The summed E-state index contributed by atoms with van der Waals surface area (Å²) < 4.78 is 1.01. The van der Waals surface area contributed by atoms with E-state index in [9.17, 15) is 0 Å². The van der Waals surface area contributed by atoms with Crippen molar-refractivity contribution in [3.05, 3.63) is 48.6 Å². The van der Waals surface area contributed by atoms with Crippen molar-refractivity contribution in [3.63, 3.8) is 0 Å². The number of likely N-dealkylation sites (N-methyl/N-ethyl adjacent to an activating group) is 1. The average Bonchev–Trinajstić information content (AvgIpc) is 2.68. The van der Waals surface area contributed by atoms with Gasteiger partial charge in [-0.2, -0.15) is 0 Å². The third kappa shape index (κ3) is 13.9. The molecular formula is C27H48ClN. The predicted molar refractivity (Wildman–Crippen MR) is 127 cm³/mol. The van der Waals surface area contributed by atoms with Crippen molar-refractivity contribution < 1.29 is 16.9 Å². The highest BCUT2D eigenvalue weighted by molar-refractivity contribution is 5.13. The van der Waals surface area contributed by atoms with Crippen LogP contribution < -0.4 is 12.4 Å². The first-order valence-electron chi connectivity index (χ1n) is 12.1. The molecule has 0 bridgehead atoms. The maximum atomic E-state index is 4.13. The number of rotatable bonds is 18. The second-order valence-corrected chi connectivity index (χ2v) is 9.26. The number of halogens is 1. The van der Waals surface area contributed by atoms with Crippen LogP contribution in [-0.2, 0) is 6.54 Å². The lowest BCUT2D eigenvalue weighted by atomic mass is 10.0. The smallest absolute Gasteiger partial charge is 0.107 e. The number of quaternary nitrogens is 1. The average molecular weight is 422 g/mol. The summed E-state index contributed by atoms with van der Waals surface area (Å²) >= 11 is 0. The van der Waals surface area contributed by atoms with E-state index >= 15 is 0 Å². The fourth-order valence-corrected chi connectivity index (χ4v) is 4.30. The first-order valence-corrected chi connectivity index (χ1v) is 12.1. The molecule has 1 aromatic rings. The van der Waals surface area contributed by atoms with Crippen LogP contribution in [0.25, 0.3) is 0 Å². The molecule has 0 fully saturated rings. The summed E-state index contributed by atoms with van der Waals surface area (Å²) in [5.41, 5.74) is 1.42. The predicted octanol–water partition coefficient (Wildman–Crippen LogP) is 5.30. The van der Waals surface area contributed by atoms with E-state index in [1.165, 1.54) is 95.5 Å². The van der Waals surface area contributed by atoms with Gasteiger partial charge in [0.1, 0.15) is 12.6 Å². The van der Waals surface area contributed by atoms with Crippen molar-refractivity contribution in [1.29, 1.82) is 0 Å². The third-order valence-electron chi connectivity index (χ3n) is 6.21. The van der Waals surface area contributed by atoms with Crippen LogP contribution in [0.15, 0.2) is 43.0 Å². The van der Waals surface area contributed by atoms with Crippen LogP contribution in [-0.4, -0.2) is 24.6 Å². The zero-order valence-corrected chi connectivity index (χ0v) is 20.4. The molecule has 0 saturated heterocycles. The van der Waals surface area contributed by atoms with Crippen molar-refractivity contribution in [2.75, 3.05) is 14.1 Å². The van der Waals surface area contributed by atoms with Crippen molar-refractivity contribution in [2.24, 2.45) is 0 Å². The van der Waals surface area contributed by atoms with Crippen LogP contribution in [0.4, 0.5) is 0 Å². The molecule has 0 N–H and O–H groups in total. The summed E-state index contributed by atoms with van der Waals surface area (Å²) in [4.78, 5) is 0. The van der Waals surface area contributed by atoms with Gasteiger partial charge >= 0.3 is 0 Å². The number of unbranched alkanes of at least 4 members (excludes halogenated alkanes) is 12. The van der Waals surface area contributed by atoms with Gasteiger partial charge in [0.05, 0.1) is 14.1 Å². The molecule has 2 heteroatoms. The summed E-state index contributed by atoms with van der Waals surface area (Å²) in [6, 6.07) is 11.4. The van der Waals surface area contributed by atoms with Crippen molar-refractivity contribution >= 4 is 0 Å². The highest BCUT2D eigenvalue weighted by Gasteiger charge is 2.25. The fraction of sp³-hybridized carbons (Fsp3) is 0.704. The fourth-order valence-electron chi connectivity index (χ4n) is 4.30. The Morgan fingerprint density at radius 3 is 1.66 bits per heavy atom. The van der Waals surface area contributed by atoms with E-state index in [1.54, 1.807) is 0 Å². The van der Waals surface area contributed by atoms with Gasteiger partial charge in [0, 0.05) is 12.0 Å². The number of hydrogen-bond acceptors (Lipinski definition) is 0. The molecule has 0 saturated carbocycles. The van der Waals surface area contributed by atoms with E-state index in [1.807, 2.05) is 0 Å². The molecule has 29 heavy (non-hydrogen) atoms. The lowest BCUT2D eigenvalue weighted by molar-refractivity contribution is -0.921. The summed E-state index contributed by atoms with van der Waals surface area (Å²) in [7, 11) is 4.70. The van der Waals surface area contributed by atoms with Gasteiger partial charge in [-0.05, 0) is 12.5 Å². The SMILES string of the molecule is C=CC(CCCCCCCCCCCCCCC)[N+](C)(C)Cc1ccccc1.[Cl-]. The van der Waals surface area contributed by atoms with Gasteiger partial charge in [-0.15, -0.1) is 0 Å².